The predicted octanol–water partition coefficient (Wildman–Crippen LogP) is 4.25. The van der Waals surface area contributed by atoms with E-state index in [1.807, 2.05) is 54.8 Å². The molecule has 0 spiro atoms. The number of aromatic nitrogens is 3. The van der Waals surface area contributed by atoms with Gasteiger partial charge < -0.3 is 11.1 Å². The molecule has 3 N–H and O–H groups in total. The van der Waals surface area contributed by atoms with Gasteiger partial charge in [-0.25, -0.2) is 9.97 Å². The average molecular weight is 387 g/mol. The fourth-order valence-electron chi connectivity index (χ4n) is 2.86. The lowest BCUT2D eigenvalue weighted by Crippen LogP contribution is -2.14. The number of carbonyl (C=O) groups is 1. The van der Waals surface area contributed by atoms with Gasteiger partial charge in [0.1, 0.15) is 5.82 Å². The second kappa shape index (κ2) is 7.66. The highest BCUT2D eigenvalue weighted by atomic mass is 32.2. The Balaban J connectivity index is 1.70. The molecule has 4 rings (SSSR count). The van der Waals surface area contributed by atoms with Crippen LogP contribution < -0.4 is 11.1 Å². The molecule has 7 heteroatoms. The van der Waals surface area contributed by atoms with E-state index in [1.165, 1.54) is 11.8 Å². The van der Waals surface area contributed by atoms with Crippen LogP contribution in [0, 0.1) is 0 Å². The number of hydrogen-bond acceptors (Lipinski definition) is 6. The molecular formula is C21H17N5OS. The first-order valence-electron chi connectivity index (χ1n) is 8.58. The topological polar surface area (TPSA) is 93.8 Å². The number of nitrogens with two attached hydrogens (primary N) is 1. The Morgan fingerprint density at radius 2 is 1.82 bits per heavy atom. The third-order valence-electron chi connectivity index (χ3n) is 4.23. The van der Waals surface area contributed by atoms with Crippen LogP contribution in [0.5, 0.6) is 0 Å². The second-order valence-corrected chi connectivity index (χ2v) is 6.85. The first-order valence-corrected chi connectivity index (χ1v) is 9.80. The minimum atomic E-state index is -0.243. The third-order valence-corrected chi connectivity index (χ3v) is 4.78. The maximum absolute atomic E-state index is 12.9. The number of nitrogen functional groups attached to an aromatic ring is 1. The number of carbonyl (C=O) groups excluding carboxylic acids is 1. The molecule has 0 saturated carbocycles. The van der Waals surface area contributed by atoms with Crippen LogP contribution in [0.15, 0.2) is 72.0 Å². The number of nitrogens with zero attached hydrogens (tertiary/aromatic N) is 3. The monoisotopic (exact) mass is 387 g/mol. The highest BCUT2D eigenvalue weighted by Gasteiger charge is 2.13. The molecule has 2 aromatic heterocycles. The average Bonchev–Trinajstić information content (AvgIpc) is 2.73. The summed E-state index contributed by atoms with van der Waals surface area (Å²) in [5.74, 6) is 0.199. The van der Waals surface area contributed by atoms with Gasteiger partial charge in [0.25, 0.3) is 5.91 Å². The van der Waals surface area contributed by atoms with E-state index >= 15 is 0 Å². The van der Waals surface area contributed by atoms with Gasteiger partial charge in [0, 0.05) is 28.9 Å². The molecule has 0 saturated heterocycles. The molecule has 2 heterocycles. The zero-order valence-electron chi connectivity index (χ0n) is 15.1. The zero-order valence-corrected chi connectivity index (χ0v) is 15.9. The zero-order chi connectivity index (χ0) is 19.5. The molecule has 4 aromatic rings. The summed E-state index contributed by atoms with van der Waals surface area (Å²) in [5, 5.41) is 4.26. The van der Waals surface area contributed by atoms with E-state index < -0.39 is 0 Å². The van der Waals surface area contributed by atoms with Crippen molar-refractivity contribution in [2.24, 2.45) is 0 Å². The van der Waals surface area contributed by atoms with E-state index in [-0.39, 0.29) is 5.91 Å². The summed E-state index contributed by atoms with van der Waals surface area (Å²) in [4.78, 5) is 26.1. The number of thioether (sulfide) groups is 1. The van der Waals surface area contributed by atoms with Crippen LogP contribution in [0.25, 0.3) is 22.2 Å². The summed E-state index contributed by atoms with van der Waals surface area (Å²) in [6, 6.07) is 18.4. The van der Waals surface area contributed by atoms with Gasteiger partial charge in [-0.1, -0.05) is 42.1 Å². The number of pyridine rings is 1. The van der Waals surface area contributed by atoms with E-state index in [0.717, 1.165) is 16.5 Å². The molecule has 0 unspecified atom stereocenters. The Kier molecular flexibility index (Phi) is 4.90. The van der Waals surface area contributed by atoms with Crippen LogP contribution >= 0.6 is 11.8 Å². The van der Waals surface area contributed by atoms with E-state index in [2.05, 4.69) is 20.3 Å². The van der Waals surface area contributed by atoms with Gasteiger partial charge in [-0.15, -0.1) is 0 Å². The summed E-state index contributed by atoms with van der Waals surface area (Å²) in [6.07, 6.45) is 3.52. The van der Waals surface area contributed by atoms with Crippen LogP contribution in [-0.4, -0.2) is 27.1 Å². The fraction of sp³-hybridized carbons (Fsp3) is 0.0476. The molecule has 138 valence electrons. The van der Waals surface area contributed by atoms with Crippen molar-refractivity contribution in [3.8, 4) is 11.3 Å². The van der Waals surface area contributed by atoms with Crippen LogP contribution in [-0.2, 0) is 0 Å². The molecule has 2 aromatic carbocycles. The summed E-state index contributed by atoms with van der Waals surface area (Å²) < 4.78 is 0. The molecular weight excluding hydrogens is 370 g/mol. The van der Waals surface area contributed by atoms with Crippen molar-refractivity contribution in [2.45, 2.75) is 5.16 Å². The number of fused-ring (bicyclic) bond motifs is 1. The van der Waals surface area contributed by atoms with E-state index in [1.54, 1.807) is 18.3 Å². The van der Waals surface area contributed by atoms with Gasteiger partial charge in [-0.2, -0.15) is 0 Å². The Hall–Kier alpha value is -3.45. The second-order valence-electron chi connectivity index (χ2n) is 6.08. The number of para-hydroxylation sites is 1. The number of anilines is 2. The van der Waals surface area contributed by atoms with Gasteiger partial charge in [-0.3, -0.25) is 9.78 Å². The van der Waals surface area contributed by atoms with Crippen LogP contribution in [0.3, 0.4) is 0 Å². The molecule has 0 radical (unpaired) electrons. The SMILES string of the molecule is CSc1nc(NC(=O)c2ccnc3ccccc23)cc(-c2ccc(N)cc2)n1. The summed E-state index contributed by atoms with van der Waals surface area (Å²) in [5.41, 5.74) is 9.38. The third kappa shape index (κ3) is 3.65. The molecule has 0 atom stereocenters. The standard InChI is InChI=1S/C21H17N5OS/c1-28-21-24-18(13-6-8-14(22)9-7-13)12-19(26-21)25-20(27)16-10-11-23-17-5-3-2-4-15(16)17/h2-12H,22H2,1H3,(H,24,25,26,27). The largest absolute Gasteiger partial charge is 0.399 e. The van der Waals surface area contributed by atoms with Gasteiger partial charge in [0.2, 0.25) is 0 Å². The fourth-order valence-corrected chi connectivity index (χ4v) is 3.24. The summed E-state index contributed by atoms with van der Waals surface area (Å²) >= 11 is 1.41. The van der Waals surface area contributed by atoms with Crippen molar-refractivity contribution < 1.29 is 4.79 Å². The van der Waals surface area contributed by atoms with E-state index in [9.17, 15) is 4.79 Å². The maximum atomic E-state index is 12.9. The van der Waals surface area contributed by atoms with E-state index in [4.69, 9.17) is 5.73 Å². The van der Waals surface area contributed by atoms with Crippen molar-refractivity contribution in [3.63, 3.8) is 0 Å². The van der Waals surface area contributed by atoms with E-state index in [0.29, 0.717) is 27.9 Å². The molecule has 0 aliphatic carbocycles. The van der Waals surface area contributed by atoms with Crippen molar-refractivity contribution in [1.82, 2.24) is 15.0 Å². The Labute approximate surface area is 166 Å². The van der Waals surface area contributed by atoms with Crippen LogP contribution in [0.1, 0.15) is 10.4 Å². The molecule has 0 aliphatic heterocycles. The van der Waals surface area contributed by atoms with Gasteiger partial charge in [-0.05, 0) is 30.5 Å². The summed E-state index contributed by atoms with van der Waals surface area (Å²) in [6.45, 7) is 0. The summed E-state index contributed by atoms with van der Waals surface area (Å²) in [7, 11) is 0. The number of hydrogen-bond donors (Lipinski definition) is 2. The Morgan fingerprint density at radius 1 is 1.04 bits per heavy atom. The Morgan fingerprint density at radius 3 is 2.61 bits per heavy atom. The normalized spacial score (nSPS) is 10.8. The first kappa shape index (κ1) is 17.9. The van der Waals surface area contributed by atoms with Crippen LogP contribution in [0.2, 0.25) is 0 Å². The van der Waals surface area contributed by atoms with Crippen molar-refractivity contribution in [3.05, 3.63) is 72.4 Å². The number of benzene rings is 2. The van der Waals surface area contributed by atoms with Gasteiger partial charge in [0.15, 0.2) is 5.16 Å². The minimum absolute atomic E-state index is 0.243. The molecule has 0 bridgehead atoms. The highest BCUT2D eigenvalue weighted by Crippen LogP contribution is 2.24. The predicted molar refractivity (Wildman–Crippen MR) is 113 cm³/mol. The lowest BCUT2D eigenvalue weighted by Gasteiger charge is -2.10. The molecule has 28 heavy (non-hydrogen) atoms. The highest BCUT2D eigenvalue weighted by molar-refractivity contribution is 7.98. The van der Waals surface area contributed by atoms with Gasteiger partial charge in [0.05, 0.1) is 16.8 Å². The number of amides is 1. The first-order chi connectivity index (χ1) is 13.6. The van der Waals surface area contributed by atoms with Crippen molar-refractivity contribution >= 4 is 40.1 Å². The molecule has 1 amide bonds. The molecule has 6 nitrogen and oxygen atoms in total. The Bertz CT molecular complexity index is 1160. The van der Waals surface area contributed by atoms with Crippen LogP contribution in [0.4, 0.5) is 11.5 Å². The number of nitrogens with one attached hydrogen (secondary N) is 1. The minimum Gasteiger partial charge on any atom is -0.399 e. The van der Waals surface area contributed by atoms with Gasteiger partial charge >= 0.3 is 0 Å². The van der Waals surface area contributed by atoms with Crippen molar-refractivity contribution in [1.29, 1.82) is 0 Å². The lowest BCUT2D eigenvalue weighted by molar-refractivity contribution is 0.102. The maximum Gasteiger partial charge on any atom is 0.257 e. The lowest BCUT2D eigenvalue weighted by atomic mass is 10.1. The molecule has 0 aliphatic rings. The number of rotatable bonds is 4. The quantitative estimate of drug-likeness (QED) is 0.309. The molecule has 0 fully saturated rings. The van der Waals surface area contributed by atoms with Crippen molar-refractivity contribution in [2.75, 3.05) is 17.3 Å². The smallest absolute Gasteiger partial charge is 0.257 e.